The molecule has 2 aliphatic carbocycles. The highest BCUT2D eigenvalue weighted by atomic mass is 16.1. The van der Waals surface area contributed by atoms with Crippen molar-refractivity contribution in [1.29, 1.82) is 0 Å². The lowest BCUT2D eigenvalue weighted by atomic mass is 10.1. The van der Waals surface area contributed by atoms with Crippen molar-refractivity contribution in [2.75, 3.05) is 0 Å². The Bertz CT molecular complexity index is 507. The molecule has 2 unspecified atom stereocenters. The van der Waals surface area contributed by atoms with Crippen LogP contribution in [-0.2, 0) is 6.54 Å². The number of hydrogen-bond acceptors (Lipinski definition) is 1. The van der Waals surface area contributed by atoms with E-state index in [2.05, 4.69) is 29.7 Å². The molecule has 2 heteroatoms. The van der Waals surface area contributed by atoms with Crippen molar-refractivity contribution >= 4 is 6.29 Å². The molecule has 1 heterocycles. The molecule has 0 aromatic carbocycles. The third-order valence-electron chi connectivity index (χ3n) is 3.82. The second kappa shape index (κ2) is 6.05. The maximum Gasteiger partial charge on any atom is 0.166 e. The van der Waals surface area contributed by atoms with Crippen molar-refractivity contribution in [1.82, 2.24) is 4.57 Å². The molecule has 0 spiro atoms. The lowest BCUT2D eigenvalue weighted by molar-refractivity contribution is 0.111. The number of nitrogens with zero attached hydrogens (tertiary/aromatic N) is 1. The fourth-order valence-electron chi connectivity index (χ4n) is 2.64. The molecule has 1 saturated carbocycles. The van der Waals surface area contributed by atoms with E-state index < -0.39 is 0 Å². The summed E-state index contributed by atoms with van der Waals surface area (Å²) in [5.41, 5.74) is 3.38. The minimum atomic E-state index is 0.763. The zero-order chi connectivity index (χ0) is 13.8. The first-order chi connectivity index (χ1) is 9.28. The van der Waals surface area contributed by atoms with E-state index in [0.29, 0.717) is 0 Å². The van der Waals surface area contributed by atoms with E-state index >= 15 is 0 Å². The monoisotopic (exact) mass is 257 g/mol. The Kier molecular flexibility index (Phi) is 4.41. The SMILES string of the molecule is CC.Cc1ccc(C=O)n1CC1=CC2CC2C=CC1. The molecular weight excluding hydrogens is 234 g/mol. The van der Waals surface area contributed by atoms with Gasteiger partial charge in [-0.3, -0.25) is 4.79 Å². The maximum absolute atomic E-state index is 11.0. The molecule has 2 atom stereocenters. The highest BCUT2D eigenvalue weighted by Gasteiger charge is 2.33. The van der Waals surface area contributed by atoms with Crippen LogP contribution in [0.1, 0.15) is 42.9 Å². The van der Waals surface area contributed by atoms with Gasteiger partial charge in [-0.05, 0) is 43.7 Å². The predicted molar refractivity (Wildman–Crippen MR) is 79.3 cm³/mol. The standard InChI is InChI=1S/C15H17NO.C2H6/c1-11-5-6-15(10-17)16(11)9-12-3-2-4-13-8-14(13)7-12;1-2/h2,4-7,10,13-14H,3,8-9H2,1H3;1-2H3. The van der Waals surface area contributed by atoms with Crippen LogP contribution in [0.2, 0.25) is 0 Å². The van der Waals surface area contributed by atoms with E-state index in [4.69, 9.17) is 0 Å². The van der Waals surface area contributed by atoms with Crippen molar-refractivity contribution < 1.29 is 4.79 Å². The van der Waals surface area contributed by atoms with Crippen molar-refractivity contribution in [3.63, 3.8) is 0 Å². The summed E-state index contributed by atoms with van der Waals surface area (Å²) < 4.78 is 2.11. The van der Waals surface area contributed by atoms with Crippen LogP contribution in [0.25, 0.3) is 0 Å². The summed E-state index contributed by atoms with van der Waals surface area (Å²) >= 11 is 0. The smallest absolute Gasteiger partial charge is 0.166 e. The van der Waals surface area contributed by atoms with Gasteiger partial charge >= 0.3 is 0 Å². The first-order valence-corrected chi connectivity index (χ1v) is 7.25. The van der Waals surface area contributed by atoms with Crippen molar-refractivity contribution in [3.8, 4) is 0 Å². The molecule has 0 amide bonds. The first kappa shape index (κ1) is 13.9. The number of hydrogen-bond donors (Lipinski definition) is 0. The molecule has 102 valence electrons. The number of allylic oxidation sites excluding steroid dienone is 4. The van der Waals surface area contributed by atoms with Gasteiger partial charge in [0.1, 0.15) is 0 Å². The predicted octanol–water partition coefficient (Wildman–Crippen LogP) is 4.16. The maximum atomic E-state index is 11.0. The highest BCUT2D eigenvalue weighted by Crippen LogP contribution is 2.43. The number of aldehydes is 1. The molecule has 0 aliphatic heterocycles. The first-order valence-electron chi connectivity index (χ1n) is 7.25. The molecule has 0 saturated heterocycles. The Morgan fingerprint density at radius 1 is 1.32 bits per heavy atom. The Morgan fingerprint density at radius 3 is 2.84 bits per heavy atom. The van der Waals surface area contributed by atoms with Crippen LogP contribution in [0, 0.1) is 18.8 Å². The van der Waals surface area contributed by atoms with E-state index in [9.17, 15) is 4.79 Å². The zero-order valence-corrected chi connectivity index (χ0v) is 12.1. The number of carbonyl (C=O) groups excluding carboxylic acids is 1. The minimum absolute atomic E-state index is 0.763. The Morgan fingerprint density at radius 2 is 2.11 bits per heavy atom. The molecule has 2 nitrogen and oxygen atoms in total. The van der Waals surface area contributed by atoms with Crippen molar-refractivity contribution in [3.05, 3.63) is 47.3 Å². The van der Waals surface area contributed by atoms with Crippen molar-refractivity contribution in [2.24, 2.45) is 11.8 Å². The van der Waals surface area contributed by atoms with Gasteiger partial charge in [0, 0.05) is 12.2 Å². The number of aromatic nitrogens is 1. The summed E-state index contributed by atoms with van der Waals surface area (Å²) in [6.45, 7) is 6.92. The molecule has 3 rings (SSSR count). The van der Waals surface area contributed by atoms with Gasteiger partial charge in [-0.1, -0.05) is 37.6 Å². The molecule has 1 fully saturated rings. The number of carbonyl (C=O) groups is 1. The average Bonchev–Trinajstić information content (AvgIpc) is 3.10. The molecule has 19 heavy (non-hydrogen) atoms. The van der Waals surface area contributed by atoms with Gasteiger partial charge in [-0.15, -0.1) is 0 Å². The van der Waals surface area contributed by atoms with Crippen LogP contribution in [0.4, 0.5) is 0 Å². The molecule has 0 N–H and O–H groups in total. The molecule has 0 bridgehead atoms. The summed E-state index contributed by atoms with van der Waals surface area (Å²) in [5, 5.41) is 0. The van der Waals surface area contributed by atoms with Gasteiger partial charge in [0.2, 0.25) is 0 Å². The van der Waals surface area contributed by atoms with E-state index in [1.54, 1.807) is 0 Å². The number of aryl methyl sites for hydroxylation is 1. The van der Waals surface area contributed by atoms with Crippen LogP contribution in [0.15, 0.2) is 35.9 Å². The summed E-state index contributed by atoms with van der Waals surface area (Å²) in [4.78, 5) is 11.0. The topological polar surface area (TPSA) is 22.0 Å². The van der Waals surface area contributed by atoms with Crippen LogP contribution < -0.4 is 0 Å². The molecule has 1 aromatic rings. The molecule has 1 aromatic heterocycles. The molecule has 2 aliphatic rings. The van der Waals surface area contributed by atoms with E-state index in [1.165, 1.54) is 12.0 Å². The highest BCUT2D eigenvalue weighted by molar-refractivity contribution is 5.72. The van der Waals surface area contributed by atoms with Crippen LogP contribution in [0.3, 0.4) is 0 Å². The lowest BCUT2D eigenvalue weighted by Crippen LogP contribution is -2.06. The van der Waals surface area contributed by atoms with Gasteiger partial charge < -0.3 is 4.57 Å². The van der Waals surface area contributed by atoms with Gasteiger partial charge in [0.25, 0.3) is 0 Å². The Hall–Kier alpha value is -1.57. The van der Waals surface area contributed by atoms with E-state index in [-0.39, 0.29) is 0 Å². The van der Waals surface area contributed by atoms with Crippen LogP contribution in [0.5, 0.6) is 0 Å². The Balaban J connectivity index is 0.000000637. The third kappa shape index (κ3) is 3.06. The van der Waals surface area contributed by atoms with Gasteiger partial charge in [-0.25, -0.2) is 0 Å². The largest absolute Gasteiger partial charge is 0.339 e. The van der Waals surface area contributed by atoms with Crippen LogP contribution >= 0.6 is 0 Å². The minimum Gasteiger partial charge on any atom is -0.339 e. The van der Waals surface area contributed by atoms with E-state index in [0.717, 1.165) is 42.5 Å². The van der Waals surface area contributed by atoms with Crippen LogP contribution in [-0.4, -0.2) is 10.9 Å². The summed E-state index contributed by atoms with van der Waals surface area (Å²) in [6.07, 6.45) is 10.3. The summed E-state index contributed by atoms with van der Waals surface area (Å²) in [5.74, 6) is 1.56. The van der Waals surface area contributed by atoms with E-state index in [1.807, 2.05) is 26.0 Å². The average molecular weight is 257 g/mol. The van der Waals surface area contributed by atoms with Crippen molar-refractivity contribution in [2.45, 2.75) is 40.2 Å². The zero-order valence-electron chi connectivity index (χ0n) is 12.1. The third-order valence-corrected chi connectivity index (χ3v) is 3.82. The van der Waals surface area contributed by atoms with Gasteiger partial charge in [0.05, 0.1) is 5.69 Å². The van der Waals surface area contributed by atoms with Gasteiger partial charge in [0.15, 0.2) is 6.29 Å². The van der Waals surface area contributed by atoms with Gasteiger partial charge in [-0.2, -0.15) is 0 Å². The fraction of sp³-hybridized carbons (Fsp3) is 0.471. The summed E-state index contributed by atoms with van der Waals surface area (Å²) in [7, 11) is 0. The quantitative estimate of drug-likeness (QED) is 0.588. The Labute approximate surface area is 115 Å². The lowest BCUT2D eigenvalue weighted by Gasteiger charge is -2.11. The summed E-state index contributed by atoms with van der Waals surface area (Å²) in [6, 6.07) is 3.91. The second-order valence-corrected chi connectivity index (χ2v) is 5.12. The molecule has 0 radical (unpaired) electrons. The number of rotatable bonds is 3. The fourth-order valence-corrected chi connectivity index (χ4v) is 2.64. The molecular formula is C17H23NO. The second-order valence-electron chi connectivity index (χ2n) is 5.12. The normalized spacial score (nSPS) is 23.6. The number of fused-ring (bicyclic) bond motifs is 1.